The molecule has 0 spiro atoms. The van der Waals surface area contributed by atoms with Crippen LogP contribution in [0.25, 0.3) is 0 Å². The van der Waals surface area contributed by atoms with Crippen molar-refractivity contribution in [1.29, 1.82) is 0 Å². The Morgan fingerprint density at radius 2 is 2.06 bits per heavy atom. The number of rotatable bonds is 4. The van der Waals surface area contributed by atoms with Gasteiger partial charge in [0.2, 0.25) is 0 Å². The SMILES string of the molecule is CCOC(=O)Cc1ccc(OC(F)(F)F)c(O)c1. The number of hydrogen-bond donors (Lipinski definition) is 1. The average Bonchev–Trinajstić information content (AvgIpc) is 2.21. The maximum atomic E-state index is 11.9. The number of aromatic hydroxyl groups is 1. The van der Waals surface area contributed by atoms with Gasteiger partial charge in [-0.2, -0.15) is 0 Å². The van der Waals surface area contributed by atoms with Gasteiger partial charge >= 0.3 is 12.3 Å². The monoisotopic (exact) mass is 264 g/mol. The Morgan fingerprint density at radius 1 is 1.39 bits per heavy atom. The Labute approximate surface area is 101 Å². The molecule has 0 aliphatic carbocycles. The van der Waals surface area contributed by atoms with Crippen LogP contribution in [-0.4, -0.2) is 24.0 Å². The second-order valence-electron chi connectivity index (χ2n) is 3.33. The van der Waals surface area contributed by atoms with E-state index in [0.29, 0.717) is 5.56 Å². The van der Waals surface area contributed by atoms with Crippen LogP contribution in [0.3, 0.4) is 0 Å². The minimum absolute atomic E-state index is 0.131. The molecule has 18 heavy (non-hydrogen) atoms. The molecule has 1 aromatic carbocycles. The lowest BCUT2D eigenvalue weighted by Gasteiger charge is -2.11. The number of phenolic OH excluding ortho intramolecular Hbond substituents is 1. The van der Waals surface area contributed by atoms with Crippen molar-refractivity contribution >= 4 is 5.97 Å². The summed E-state index contributed by atoms with van der Waals surface area (Å²) in [7, 11) is 0. The summed E-state index contributed by atoms with van der Waals surface area (Å²) in [6.07, 6.45) is -5.01. The van der Waals surface area contributed by atoms with E-state index >= 15 is 0 Å². The number of alkyl halides is 3. The second-order valence-corrected chi connectivity index (χ2v) is 3.33. The zero-order valence-electron chi connectivity index (χ0n) is 9.45. The maximum Gasteiger partial charge on any atom is 0.573 e. The molecule has 100 valence electrons. The summed E-state index contributed by atoms with van der Waals surface area (Å²) in [5.74, 6) is -1.93. The largest absolute Gasteiger partial charge is 0.573 e. The quantitative estimate of drug-likeness (QED) is 0.848. The van der Waals surface area contributed by atoms with Crippen molar-refractivity contribution in [2.45, 2.75) is 19.7 Å². The molecule has 7 heteroatoms. The van der Waals surface area contributed by atoms with Gasteiger partial charge in [-0.05, 0) is 24.6 Å². The van der Waals surface area contributed by atoms with Crippen LogP contribution in [0.4, 0.5) is 13.2 Å². The molecule has 0 atom stereocenters. The summed E-state index contributed by atoms with van der Waals surface area (Å²) in [4.78, 5) is 11.1. The number of phenols is 1. The minimum Gasteiger partial charge on any atom is -0.504 e. The van der Waals surface area contributed by atoms with E-state index in [2.05, 4.69) is 9.47 Å². The second kappa shape index (κ2) is 5.61. The number of carbonyl (C=O) groups is 1. The van der Waals surface area contributed by atoms with Crippen molar-refractivity contribution in [3.8, 4) is 11.5 Å². The Hall–Kier alpha value is -1.92. The number of ether oxygens (including phenoxy) is 2. The summed E-state index contributed by atoms with van der Waals surface area (Å²) >= 11 is 0. The van der Waals surface area contributed by atoms with Gasteiger partial charge in [-0.3, -0.25) is 4.79 Å². The topological polar surface area (TPSA) is 55.8 Å². The van der Waals surface area contributed by atoms with Crippen LogP contribution in [0.5, 0.6) is 11.5 Å². The molecular weight excluding hydrogens is 253 g/mol. The summed E-state index contributed by atoms with van der Waals surface area (Å²) < 4.78 is 44.0. The third-order valence-electron chi connectivity index (χ3n) is 1.90. The molecule has 0 bridgehead atoms. The van der Waals surface area contributed by atoms with Crippen molar-refractivity contribution in [2.24, 2.45) is 0 Å². The Morgan fingerprint density at radius 3 is 2.56 bits per heavy atom. The Balaban J connectivity index is 2.76. The molecular formula is C11H11F3O4. The zero-order chi connectivity index (χ0) is 13.8. The van der Waals surface area contributed by atoms with Gasteiger partial charge in [-0.15, -0.1) is 13.2 Å². The van der Waals surface area contributed by atoms with Crippen LogP contribution < -0.4 is 4.74 Å². The predicted molar refractivity (Wildman–Crippen MR) is 55.1 cm³/mol. The molecule has 0 saturated carbocycles. The first kappa shape index (κ1) is 14.1. The number of carbonyl (C=O) groups excluding carboxylic acids is 1. The lowest BCUT2D eigenvalue weighted by Crippen LogP contribution is -2.17. The number of halogens is 3. The van der Waals surface area contributed by atoms with Crippen molar-refractivity contribution in [3.63, 3.8) is 0 Å². The predicted octanol–water partition coefficient (Wildman–Crippen LogP) is 2.40. The van der Waals surface area contributed by atoms with Gasteiger partial charge in [-0.25, -0.2) is 0 Å². The van der Waals surface area contributed by atoms with E-state index in [9.17, 15) is 23.1 Å². The first-order chi connectivity index (χ1) is 8.31. The van der Waals surface area contributed by atoms with E-state index in [0.717, 1.165) is 12.1 Å². The number of benzene rings is 1. The van der Waals surface area contributed by atoms with Crippen LogP contribution in [0, 0.1) is 0 Å². The van der Waals surface area contributed by atoms with Gasteiger partial charge in [0.05, 0.1) is 13.0 Å². The first-order valence-corrected chi connectivity index (χ1v) is 5.05. The maximum absolute atomic E-state index is 11.9. The van der Waals surface area contributed by atoms with Crippen molar-refractivity contribution in [3.05, 3.63) is 23.8 Å². The molecule has 0 heterocycles. The zero-order valence-corrected chi connectivity index (χ0v) is 9.45. The third-order valence-corrected chi connectivity index (χ3v) is 1.90. The van der Waals surface area contributed by atoms with Crippen molar-refractivity contribution < 1.29 is 32.5 Å². The van der Waals surface area contributed by atoms with Gasteiger partial charge in [0.1, 0.15) is 0 Å². The standard InChI is InChI=1S/C11H11F3O4/c1-2-17-10(16)6-7-3-4-9(8(15)5-7)18-11(12,13)14/h3-5,15H,2,6H2,1H3. The summed E-state index contributed by atoms with van der Waals surface area (Å²) in [5, 5.41) is 9.32. The smallest absolute Gasteiger partial charge is 0.504 e. The summed E-state index contributed by atoms with van der Waals surface area (Å²) in [6.45, 7) is 1.84. The molecule has 0 aromatic heterocycles. The van der Waals surface area contributed by atoms with Gasteiger partial charge in [0.15, 0.2) is 11.5 Å². The molecule has 0 radical (unpaired) electrons. The third kappa shape index (κ3) is 4.52. The van der Waals surface area contributed by atoms with E-state index in [1.165, 1.54) is 6.07 Å². The number of hydrogen-bond acceptors (Lipinski definition) is 4. The minimum atomic E-state index is -4.87. The van der Waals surface area contributed by atoms with E-state index in [1.54, 1.807) is 6.92 Å². The van der Waals surface area contributed by atoms with Crippen molar-refractivity contribution in [1.82, 2.24) is 0 Å². The fourth-order valence-electron chi connectivity index (χ4n) is 1.26. The highest BCUT2D eigenvalue weighted by atomic mass is 19.4. The Bertz CT molecular complexity index is 429. The van der Waals surface area contributed by atoms with Crippen LogP contribution in [-0.2, 0) is 16.0 Å². The summed E-state index contributed by atoms with van der Waals surface area (Å²) in [6, 6.07) is 3.22. The van der Waals surface area contributed by atoms with Crippen LogP contribution in [0.2, 0.25) is 0 Å². The van der Waals surface area contributed by atoms with Gasteiger partial charge < -0.3 is 14.6 Å². The lowest BCUT2D eigenvalue weighted by molar-refractivity contribution is -0.275. The van der Waals surface area contributed by atoms with Crippen LogP contribution >= 0.6 is 0 Å². The first-order valence-electron chi connectivity index (χ1n) is 5.05. The molecule has 1 N–H and O–H groups in total. The van der Waals surface area contributed by atoms with E-state index in [1.807, 2.05) is 0 Å². The molecule has 4 nitrogen and oxygen atoms in total. The molecule has 0 amide bonds. The fraction of sp³-hybridized carbons (Fsp3) is 0.364. The van der Waals surface area contributed by atoms with Crippen LogP contribution in [0.15, 0.2) is 18.2 Å². The van der Waals surface area contributed by atoms with E-state index in [-0.39, 0.29) is 13.0 Å². The Kier molecular flexibility index (Phi) is 4.41. The molecule has 0 aliphatic heterocycles. The van der Waals surface area contributed by atoms with E-state index in [4.69, 9.17) is 0 Å². The molecule has 0 fully saturated rings. The highest BCUT2D eigenvalue weighted by Gasteiger charge is 2.32. The molecule has 1 rings (SSSR count). The van der Waals surface area contributed by atoms with Gasteiger partial charge in [-0.1, -0.05) is 6.07 Å². The highest BCUT2D eigenvalue weighted by Crippen LogP contribution is 2.31. The molecule has 0 aliphatic rings. The van der Waals surface area contributed by atoms with Gasteiger partial charge in [0, 0.05) is 0 Å². The average molecular weight is 264 g/mol. The van der Waals surface area contributed by atoms with E-state index < -0.39 is 23.8 Å². The molecule has 0 saturated heterocycles. The fourth-order valence-corrected chi connectivity index (χ4v) is 1.26. The highest BCUT2D eigenvalue weighted by molar-refractivity contribution is 5.72. The van der Waals surface area contributed by atoms with Crippen LogP contribution in [0.1, 0.15) is 12.5 Å². The normalized spacial score (nSPS) is 11.1. The molecule has 0 unspecified atom stereocenters. The van der Waals surface area contributed by atoms with Gasteiger partial charge in [0.25, 0.3) is 0 Å². The summed E-state index contributed by atoms with van der Waals surface area (Å²) in [5.41, 5.74) is 0.334. The lowest BCUT2D eigenvalue weighted by atomic mass is 10.1. The molecule has 1 aromatic rings. The number of esters is 1. The van der Waals surface area contributed by atoms with Crippen molar-refractivity contribution in [2.75, 3.05) is 6.61 Å².